The minimum Gasteiger partial charge on any atom is -0.456 e. The van der Waals surface area contributed by atoms with Crippen LogP contribution in [0.15, 0.2) is 146 Å². The molecule has 2 N–H and O–H groups in total. The van der Waals surface area contributed by atoms with Gasteiger partial charge in [0.05, 0.1) is 33.8 Å². The Bertz CT molecular complexity index is 2030. The number of allylic oxidation sites excluding steroid dienone is 23. The molecule has 9 nitrogen and oxygen atoms in total. The van der Waals surface area contributed by atoms with Crippen molar-refractivity contribution in [2.75, 3.05) is 40.9 Å². The third-order valence-corrected chi connectivity index (χ3v) is 16.3. The molecule has 3 unspecified atom stereocenters. The lowest BCUT2D eigenvalue weighted by atomic mass is 10.0. The zero-order valence-corrected chi connectivity index (χ0v) is 59.0. The fourth-order valence-corrected chi connectivity index (χ4v) is 10.5. The lowest BCUT2D eigenvalue weighted by molar-refractivity contribution is -0.870. The number of nitrogens with zero attached hydrogens (tertiary/aromatic N) is 1. The number of nitrogens with one attached hydrogen (secondary N) is 1. The molecule has 0 aliphatic heterocycles. The molecule has 0 aromatic heterocycles. The minimum absolute atomic E-state index is 0.0291. The predicted octanol–water partition coefficient (Wildman–Crippen LogP) is 23.3. The highest BCUT2D eigenvalue weighted by atomic mass is 31.2. The molecule has 508 valence electrons. The number of unbranched alkanes of at least 4 members (excludes halogenated alkanes) is 26. The quantitative estimate of drug-likeness (QED) is 0.0205. The topological polar surface area (TPSA) is 111 Å². The van der Waals surface area contributed by atoms with E-state index in [-0.39, 0.29) is 31.5 Å². The number of esters is 1. The van der Waals surface area contributed by atoms with Gasteiger partial charge in [-0.15, -0.1) is 0 Å². The maximum absolute atomic E-state index is 13.6. The molecule has 0 spiro atoms. The van der Waals surface area contributed by atoms with Crippen LogP contribution >= 0.6 is 7.82 Å². The molecule has 10 heteroatoms. The second-order valence-electron chi connectivity index (χ2n) is 25.0. The van der Waals surface area contributed by atoms with Crippen molar-refractivity contribution >= 4 is 19.7 Å². The van der Waals surface area contributed by atoms with Gasteiger partial charge in [-0.3, -0.25) is 18.6 Å². The summed E-state index contributed by atoms with van der Waals surface area (Å²) >= 11 is 0. The van der Waals surface area contributed by atoms with Crippen LogP contribution in [0, 0.1) is 0 Å². The number of likely N-dealkylation sites (N-methyl/N-ethyl adjacent to an activating group) is 1. The molecule has 0 fully saturated rings. The summed E-state index contributed by atoms with van der Waals surface area (Å²) in [5.41, 5.74) is 0. The first-order valence-corrected chi connectivity index (χ1v) is 37.7. The van der Waals surface area contributed by atoms with Gasteiger partial charge in [-0.25, -0.2) is 4.57 Å². The Balaban J connectivity index is 5.06. The average molecular weight is 1260 g/mol. The lowest BCUT2D eigenvalue weighted by Gasteiger charge is -2.27. The molecule has 0 bridgehead atoms. The van der Waals surface area contributed by atoms with Crippen molar-refractivity contribution in [2.45, 2.75) is 303 Å². The monoisotopic (exact) mass is 1260 g/mol. The van der Waals surface area contributed by atoms with Crippen molar-refractivity contribution in [3.63, 3.8) is 0 Å². The van der Waals surface area contributed by atoms with Crippen LogP contribution in [-0.2, 0) is 27.9 Å². The van der Waals surface area contributed by atoms with Gasteiger partial charge in [0.15, 0.2) is 0 Å². The maximum Gasteiger partial charge on any atom is 0.472 e. The first-order valence-electron chi connectivity index (χ1n) is 36.2. The average Bonchev–Trinajstić information content (AvgIpc) is 3.62. The normalized spacial score (nSPS) is 14.4. The SMILES string of the molecule is CC/C=C\C/C=C\C/C=C\C/C=C\C/C=C\C/C=C\CCCCCCCCC(=O)NC(COP(=O)(O)OCC[N+](C)(C)C)C(/C=C/CCCCCCCCCCC)OC(=O)CCCCCCCCCCCCC/C=C\C/C=C\C/C=C\C/C=C\C/C=C\CC. The zero-order chi connectivity index (χ0) is 64.9. The first kappa shape index (κ1) is 84.9. The molecule has 0 saturated carbocycles. The van der Waals surface area contributed by atoms with Crippen molar-refractivity contribution in [3.8, 4) is 0 Å². The summed E-state index contributed by atoms with van der Waals surface area (Å²) in [4.78, 5) is 37.9. The Morgan fingerprint density at radius 1 is 0.404 bits per heavy atom. The standard InChI is InChI=1S/C79H135N2O7P/c1-7-10-13-16-19-22-25-27-29-31-33-35-37-39-40-42-44-46-48-50-52-54-57-60-63-66-69-72-79(83)88-77(70-67-64-61-58-55-24-21-18-15-12-9-3)76(75-87-89(84,85)86-74-73-81(4,5)6)80-78(82)71-68-65-62-59-56-53-51-49-47-45-43-41-38-36-34-32-30-28-26-23-20-17-14-11-8-2/h10-11,13-14,19-20,22-23,27-30,33-36,39-41,43,47,49,67,70,76-77H,7-9,12,15-18,21,24-26,31-32,37-38,42,44-46,48,50-66,68-69,71-75H2,1-6H3,(H-,80,82,84,85)/p+1/b13-10-,14-11-,22-19-,23-20-,29-27-,30-28-,35-33-,36-34-,40-39-,43-41-,49-47-,70-67+. The van der Waals surface area contributed by atoms with E-state index in [1.807, 2.05) is 33.3 Å². The van der Waals surface area contributed by atoms with E-state index in [9.17, 15) is 19.0 Å². The van der Waals surface area contributed by atoms with E-state index in [0.717, 1.165) is 167 Å². The Hall–Kier alpha value is -4.11. The molecule has 0 rings (SSSR count). The van der Waals surface area contributed by atoms with Crippen molar-refractivity contribution in [1.29, 1.82) is 0 Å². The summed E-state index contributed by atoms with van der Waals surface area (Å²) in [6.07, 6.45) is 97.2. The third-order valence-electron chi connectivity index (χ3n) is 15.3. The largest absolute Gasteiger partial charge is 0.472 e. The Labute approximate surface area is 548 Å². The summed E-state index contributed by atoms with van der Waals surface area (Å²) in [7, 11) is 1.47. The molecule has 0 heterocycles. The Morgan fingerprint density at radius 3 is 1.08 bits per heavy atom. The van der Waals surface area contributed by atoms with Crippen LogP contribution in [-0.4, -0.2) is 74.3 Å². The number of phosphoric ester groups is 1. The molecule has 0 radical (unpaired) electrons. The van der Waals surface area contributed by atoms with Gasteiger partial charge in [-0.1, -0.05) is 295 Å². The number of amides is 1. The fourth-order valence-electron chi connectivity index (χ4n) is 9.79. The van der Waals surface area contributed by atoms with Crippen LogP contribution in [0.2, 0.25) is 0 Å². The van der Waals surface area contributed by atoms with Gasteiger partial charge < -0.3 is 19.4 Å². The smallest absolute Gasteiger partial charge is 0.456 e. The van der Waals surface area contributed by atoms with E-state index in [2.05, 4.69) is 160 Å². The molecule has 0 aliphatic rings. The summed E-state index contributed by atoms with van der Waals surface area (Å²) in [6.45, 7) is 6.77. The minimum atomic E-state index is -4.47. The highest BCUT2D eigenvalue weighted by molar-refractivity contribution is 7.47. The summed E-state index contributed by atoms with van der Waals surface area (Å²) in [5.74, 6) is -0.531. The van der Waals surface area contributed by atoms with E-state index < -0.39 is 20.0 Å². The number of carbonyl (C=O) groups is 2. The third kappa shape index (κ3) is 68.1. The number of ether oxygens (including phenoxy) is 1. The number of phosphoric acid groups is 1. The van der Waals surface area contributed by atoms with Crippen LogP contribution in [0.25, 0.3) is 0 Å². The zero-order valence-electron chi connectivity index (χ0n) is 58.1. The van der Waals surface area contributed by atoms with Gasteiger partial charge in [0.2, 0.25) is 5.91 Å². The molecule has 0 aromatic rings. The fraction of sp³-hybridized carbons (Fsp3) is 0.671. The van der Waals surface area contributed by atoms with E-state index in [0.29, 0.717) is 17.4 Å². The van der Waals surface area contributed by atoms with E-state index in [4.69, 9.17) is 13.8 Å². The summed E-state index contributed by atoms with van der Waals surface area (Å²) in [6, 6.07) is -0.869. The van der Waals surface area contributed by atoms with Crippen LogP contribution in [0.4, 0.5) is 0 Å². The van der Waals surface area contributed by atoms with Gasteiger partial charge in [0.25, 0.3) is 0 Å². The molecular weight excluding hydrogens is 1120 g/mol. The Kier molecular flexibility index (Phi) is 63.7. The van der Waals surface area contributed by atoms with Gasteiger partial charge >= 0.3 is 13.8 Å². The molecule has 89 heavy (non-hydrogen) atoms. The Morgan fingerprint density at radius 2 is 0.719 bits per heavy atom. The highest BCUT2D eigenvalue weighted by Crippen LogP contribution is 2.43. The van der Waals surface area contributed by atoms with Crippen LogP contribution in [0.1, 0.15) is 290 Å². The van der Waals surface area contributed by atoms with E-state index >= 15 is 0 Å². The molecule has 0 saturated heterocycles. The molecule has 0 aliphatic carbocycles. The van der Waals surface area contributed by atoms with Gasteiger partial charge in [-0.05, 0) is 128 Å². The van der Waals surface area contributed by atoms with Crippen molar-refractivity contribution < 1.29 is 37.3 Å². The number of quaternary nitrogens is 1. The molecular formula is C79H136N2O7P+. The maximum atomic E-state index is 13.6. The number of hydrogen-bond acceptors (Lipinski definition) is 6. The summed E-state index contributed by atoms with van der Waals surface area (Å²) in [5, 5.41) is 3.06. The predicted molar refractivity (Wildman–Crippen MR) is 387 cm³/mol. The lowest BCUT2D eigenvalue weighted by Crippen LogP contribution is -2.47. The molecule has 3 atom stereocenters. The van der Waals surface area contributed by atoms with Crippen LogP contribution in [0.5, 0.6) is 0 Å². The molecule has 1 amide bonds. The van der Waals surface area contributed by atoms with E-state index in [1.54, 1.807) is 0 Å². The van der Waals surface area contributed by atoms with Crippen LogP contribution < -0.4 is 5.32 Å². The number of hydrogen-bond donors (Lipinski definition) is 2. The second kappa shape index (κ2) is 66.8. The van der Waals surface area contributed by atoms with Crippen LogP contribution in [0.3, 0.4) is 0 Å². The van der Waals surface area contributed by atoms with Gasteiger partial charge in [0.1, 0.15) is 19.3 Å². The number of rotatable bonds is 64. The van der Waals surface area contributed by atoms with Crippen molar-refractivity contribution in [3.05, 3.63) is 146 Å². The number of carbonyl (C=O) groups excluding carboxylic acids is 2. The highest BCUT2D eigenvalue weighted by Gasteiger charge is 2.30. The first-order chi connectivity index (χ1) is 43.4. The van der Waals surface area contributed by atoms with Gasteiger partial charge in [-0.2, -0.15) is 0 Å². The van der Waals surface area contributed by atoms with E-state index in [1.165, 1.54) is 89.9 Å². The van der Waals surface area contributed by atoms with Crippen molar-refractivity contribution in [2.24, 2.45) is 0 Å². The second-order valence-corrected chi connectivity index (χ2v) is 26.4. The molecule has 0 aromatic carbocycles. The van der Waals surface area contributed by atoms with Gasteiger partial charge in [0, 0.05) is 12.8 Å². The van der Waals surface area contributed by atoms with Crippen molar-refractivity contribution in [1.82, 2.24) is 5.32 Å². The summed E-state index contributed by atoms with van der Waals surface area (Å²) < 4.78 is 30.8.